The smallest absolute Gasteiger partial charge is 0.256 e. The lowest BCUT2D eigenvalue weighted by Gasteiger charge is -2.41. The number of aliphatic hydroxyl groups is 1. The second-order valence-corrected chi connectivity index (χ2v) is 5.15. The Balaban J connectivity index is 2.38. The second-order valence-electron chi connectivity index (χ2n) is 5.15. The van der Waals surface area contributed by atoms with Crippen LogP contribution in [-0.2, 0) is 4.79 Å². The Morgan fingerprint density at radius 3 is 3.05 bits per heavy atom. The molecule has 1 aliphatic rings. The summed E-state index contributed by atoms with van der Waals surface area (Å²) in [6.45, 7) is 3.99. The molecule has 6 heteroatoms. The van der Waals surface area contributed by atoms with Crippen LogP contribution >= 0.6 is 0 Å². The van der Waals surface area contributed by atoms with Gasteiger partial charge in [0.25, 0.3) is 5.91 Å². The first kappa shape index (κ1) is 15.0. The molecule has 6 nitrogen and oxygen atoms in total. The van der Waals surface area contributed by atoms with E-state index in [1.165, 1.54) is 17.3 Å². The van der Waals surface area contributed by atoms with Crippen molar-refractivity contribution in [3.8, 4) is 11.8 Å². The lowest BCUT2D eigenvalue weighted by Crippen LogP contribution is -2.63. The van der Waals surface area contributed by atoms with Crippen molar-refractivity contribution in [1.29, 1.82) is 0 Å². The summed E-state index contributed by atoms with van der Waals surface area (Å²) in [4.78, 5) is 30.1. The first-order valence-corrected chi connectivity index (χ1v) is 6.62. The number of carbonyl (C=O) groups is 2. The van der Waals surface area contributed by atoms with Gasteiger partial charge in [0.2, 0.25) is 5.91 Å². The molecule has 2 rings (SSSR count). The zero-order chi connectivity index (χ0) is 15.5. The quantitative estimate of drug-likeness (QED) is 0.699. The highest BCUT2D eigenvalue weighted by Crippen LogP contribution is 2.21. The van der Waals surface area contributed by atoms with Gasteiger partial charge in [-0.15, -0.1) is 0 Å². The molecule has 110 valence electrons. The Bertz CT molecular complexity index is 629. The molecule has 0 atom stereocenters. The van der Waals surface area contributed by atoms with Crippen LogP contribution in [0.1, 0.15) is 29.8 Å². The molecule has 21 heavy (non-hydrogen) atoms. The lowest BCUT2D eigenvalue weighted by atomic mass is 9.97. The molecule has 0 unspecified atom stereocenters. The molecule has 1 fully saturated rings. The van der Waals surface area contributed by atoms with Crippen LogP contribution in [0.2, 0.25) is 0 Å². The van der Waals surface area contributed by atoms with E-state index in [1.54, 1.807) is 19.9 Å². The van der Waals surface area contributed by atoms with Crippen molar-refractivity contribution in [2.45, 2.75) is 19.4 Å². The van der Waals surface area contributed by atoms with Gasteiger partial charge in [-0.3, -0.25) is 14.6 Å². The predicted molar refractivity (Wildman–Crippen MR) is 76.3 cm³/mol. The molecular weight excluding hydrogens is 270 g/mol. The molecule has 1 aromatic heterocycles. The Morgan fingerprint density at radius 2 is 2.33 bits per heavy atom. The van der Waals surface area contributed by atoms with Gasteiger partial charge in [0.1, 0.15) is 12.1 Å². The van der Waals surface area contributed by atoms with Crippen molar-refractivity contribution in [3.05, 3.63) is 29.6 Å². The minimum atomic E-state index is -0.916. The number of nitrogens with one attached hydrogen (secondary N) is 1. The van der Waals surface area contributed by atoms with E-state index < -0.39 is 5.54 Å². The third kappa shape index (κ3) is 2.88. The number of aliphatic hydroxyl groups excluding tert-OH is 1. The molecule has 0 radical (unpaired) electrons. The molecule has 2 amide bonds. The van der Waals surface area contributed by atoms with E-state index in [0.717, 1.165) is 0 Å². The maximum absolute atomic E-state index is 12.7. The van der Waals surface area contributed by atoms with Crippen molar-refractivity contribution in [2.24, 2.45) is 0 Å². The van der Waals surface area contributed by atoms with Crippen LogP contribution in [0.15, 0.2) is 18.5 Å². The fourth-order valence-electron chi connectivity index (χ4n) is 2.22. The van der Waals surface area contributed by atoms with Gasteiger partial charge in [0.05, 0.1) is 11.1 Å². The van der Waals surface area contributed by atoms with Crippen molar-refractivity contribution >= 4 is 11.8 Å². The summed E-state index contributed by atoms with van der Waals surface area (Å²) in [5.74, 6) is 4.77. The zero-order valence-corrected chi connectivity index (χ0v) is 12.0. The summed E-state index contributed by atoms with van der Waals surface area (Å²) in [7, 11) is 0. The predicted octanol–water partition coefficient (Wildman–Crippen LogP) is -0.224. The van der Waals surface area contributed by atoms with Gasteiger partial charge in [0.15, 0.2) is 0 Å². The highest BCUT2D eigenvalue weighted by molar-refractivity contribution is 6.01. The molecule has 2 heterocycles. The molecule has 2 N–H and O–H groups in total. The first-order valence-electron chi connectivity index (χ1n) is 6.62. The molecule has 0 aromatic carbocycles. The maximum Gasteiger partial charge on any atom is 0.256 e. The van der Waals surface area contributed by atoms with Crippen molar-refractivity contribution in [3.63, 3.8) is 0 Å². The third-order valence-electron chi connectivity index (χ3n) is 3.45. The van der Waals surface area contributed by atoms with E-state index in [0.29, 0.717) is 24.2 Å². The summed E-state index contributed by atoms with van der Waals surface area (Å²) in [5.41, 5.74) is -0.0904. The fraction of sp³-hybridized carbons (Fsp3) is 0.400. The topological polar surface area (TPSA) is 82.5 Å². The Labute approximate surface area is 123 Å². The number of hydrogen-bond acceptors (Lipinski definition) is 4. The molecule has 0 saturated carbocycles. The van der Waals surface area contributed by atoms with Gasteiger partial charge in [-0.1, -0.05) is 11.8 Å². The fourth-order valence-corrected chi connectivity index (χ4v) is 2.22. The van der Waals surface area contributed by atoms with E-state index in [2.05, 4.69) is 22.1 Å². The molecular formula is C15H17N3O3. The van der Waals surface area contributed by atoms with Crippen LogP contribution in [0, 0.1) is 11.8 Å². The van der Waals surface area contributed by atoms with E-state index >= 15 is 0 Å². The number of piperazine rings is 1. The van der Waals surface area contributed by atoms with Crippen LogP contribution in [0.3, 0.4) is 0 Å². The average Bonchev–Trinajstić information content (AvgIpc) is 2.47. The number of rotatable bonds is 1. The molecule has 0 aliphatic carbocycles. The van der Waals surface area contributed by atoms with Crippen LogP contribution in [0.4, 0.5) is 0 Å². The number of carbonyl (C=O) groups excluding carboxylic acids is 2. The maximum atomic E-state index is 12.7. The van der Waals surface area contributed by atoms with Gasteiger partial charge < -0.3 is 15.3 Å². The molecule has 1 aliphatic heterocycles. The van der Waals surface area contributed by atoms with Gasteiger partial charge in [-0.05, 0) is 19.9 Å². The first-order chi connectivity index (χ1) is 9.98. The van der Waals surface area contributed by atoms with Crippen LogP contribution < -0.4 is 5.32 Å². The summed E-state index contributed by atoms with van der Waals surface area (Å²) < 4.78 is 0. The minimum Gasteiger partial charge on any atom is -0.384 e. The van der Waals surface area contributed by atoms with E-state index in [4.69, 9.17) is 5.11 Å². The van der Waals surface area contributed by atoms with E-state index in [9.17, 15) is 9.59 Å². The monoisotopic (exact) mass is 287 g/mol. The molecule has 1 aromatic rings. The normalized spacial score (nSPS) is 16.7. The zero-order valence-electron chi connectivity index (χ0n) is 12.0. The standard InChI is InChI=1S/C15H17N3O3/c1-15(2)14(21)17-7-8-18(15)13(20)12-5-6-16-10-11(12)4-3-9-19/h5-6,10,19H,7-9H2,1-2H3,(H,17,21). The van der Waals surface area contributed by atoms with Crippen LogP contribution in [0.25, 0.3) is 0 Å². The Hall–Kier alpha value is -2.39. The van der Waals surface area contributed by atoms with Crippen LogP contribution in [-0.4, -0.2) is 52.0 Å². The molecule has 0 bridgehead atoms. The molecule has 1 saturated heterocycles. The second kappa shape index (κ2) is 5.94. The summed E-state index contributed by atoms with van der Waals surface area (Å²) in [6, 6.07) is 1.58. The van der Waals surface area contributed by atoms with Crippen molar-refractivity contribution in [1.82, 2.24) is 15.2 Å². The highest BCUT2D eigenvalue weighted by Gasteiger charge is 2.41. The summed E-state index contributed by atoms with van der Waals surface area (Å²) in [6.07, 6.45) is 2.99. The van der Waals surface area contributed by atoms with Gasteiger partial charge in [0, 0.05) is 25.5 Å². The van der Waals surface area contributed by atoms with Crippen molar-refractivity contribution < 1.29 is 14.7 Å². The van der Waals surface area contributed by atoms with E-state index in [-0.39, 0.29) is 18.4 Å². The third-order valence-corrected chi connectivity index (χ3v) is 3.45. The van der Waals surface area contributed by atoms with E-state index in [1.807, 2.05) is 0 Å². The highest BCUT2D eigenvalue weighted by atomic mass is 16.2. The van der Waals surface area contributed by atoms with Gasteiger partial charge in [-0.25, -0.2) is 0 Å². The summed E-state index contributed by atoms with van der Waals surface area (Å²) in [5, 5.41) is 11.5. The SMILES string of the molecule is CC1(C)C(=O)NCCN1C(=O)c1ccncc1C#CCO. The lowest BCUT2D eigenvalue weighted by molar-refractivity contribution is -0.133. The number of hydrogen-bond donors (Lipinski definition) is 2. The Kier molecular flexibility index (Phi) is 4.24. The minimum absolute atomic E-state index is 0.181. The number of amides is 2. The number of nitrogens with zero attached hydrogens (tertiary/aromatic N) is 2. The van der Waals surface area contributed by atoms with Gasteiger partial charge >= 0.3 is 0 Å². The van der Waals surface area contributed by atoms with Crippen molar-refractivity contribution in [2.75, 3.05) is 19.7 Å². The van der Waals surface area contributed by atoms with Crippen LogP contribution in [0.5, 0.6) is 0 Å². The summed E-state index contributed by atoms with van der Waals surface area (Å²) >= 11 is 0. The van der Waals surface area contributed by atoms with Gasteiger partial charge in [-0.2, -0.15) is 0 Å². The Morgan fingerprint density at radius 1 is 1.57 bits per heavy atom. The largest absolute Gasteiger partial charge is 0.384 e. The molecule has 0 spiro atoms. The number of aromatic nitrogens is 1. The average molecular weight is 287 g/mol. The number of pyridine rings is 1.